The summed E-state index contributed by atoms with van der Waals surface area (Å²) >= 11 is 0. The third-order valence-electron chi connectivity index (χ3n) is 11.3. The van der Waals surface area contributed by atoms with Crippen LogP contribution in [0.25, 0.3) is 76.6 Å². The quantitative estimate of drug-likeness (QED) is 0.173. The molecule has 1 aromatic heterocycles. The molecule has 1 aliphatic rings. The zero-order chi connectivity index (χ0) is 38.4. The van der Waals surface area contributed by atoms with E-state index >= 15 is 0 Å². The fourth-order valence-electron chi connectivity index (χ4n) is 8.48. The summed E-state index contributed by atoms with van der Waals surface area (Å²) in [6, 6.07) is 71.1. The largest absolute Gasteiger partial charge is 0.344 e. The molecule has 4 nitrogen and oxygen atoms in total. The fraction of sp³-hybridized carbons (Fsp3) is 0.0185. The fourth-order valence-corrected chi connectivity index (χ4v) is 8.48. The number of benzene rings is 9. The molecule has 0 spiro atoms. The number of rotatable bonds is 6. The van der Waals surface area contributed by atoms with Gasteiger partial charge in [-0.15, -0.1) is 0 Å². The van der Waals surface area contributed by atoms with Gasteiger partial charge < -0.3 is 5.32 Å². The second kappa shape index (κ2) is 14.1. The van der Waals surface area contributed by atoms with E-state index in [1.165, 1.54) is 43.3 Å². The van der Waals surface area contributed by atoms with E-state index in [1.807, 2.05) is 30.5 Å². The van der Waals surface area contributed by atoms with Crippen molar-refractivity contribution in [2.75, 3.05) is 0 Å². The van der Waals surface area contributed by atoms with E-state index in [0.29, 0.717) is 5.84 Å². The van der Waals surface area contributed by atoms with E-state index in [-0.39, 0.29) is 6.17 Å². The summed E-state index contributed by atoms with van der Waals surface area (Å²) in [5, 5.41) is 13.5. The first-order valence-electron chi connectivity index (χ1n) is 19.7. The molecule has 0 aliphatic carbocycles. The number of nitrogens with zero attached hydrogens (tertiary/aromatic N) is 3. The molecule has 10 aromatic rings. The van der Waals surface area contributed by atoms with Crippen molar-refractivity contribution in [3.05, 3.63) is 223 Å². The van der Waals surface area contributed by atoms with Crippen LogP contribution in [0.1, 0.15) is 22.9 Å². The third-order valence-corrected chi connectivity index (χ3v) is 11.3. The van der Waals surface area contributed by atoms with Gasteiger partial charge in [-0.2, -0.15) is 0 Å². The number of amidine groups is 2. The van der Waals surface area contributed by atoms with Gasteiger partial charge in [-0.1, -0.05) is 176 Å². The zero-order valence-corrected chi connectivity index (χ0v) is 31.5. The number of pyridine rings is 1. The van der Waals surface area contributed by atoms with Crippen molar-refractivity contribution in [3.8, 4) is 33.5 Å². The topological polar surface area (TPSA) is 49.6 Å². The van der Waals surface area contributed by atoms with Gasteiger partial charge in [0, 0.05) is 28.3 Å². The number of hydrogen-bond acceptors (Lipinski definition) is 4. The lowest BCUT2D eigenvalue weighted by Gasteiger charge is -2.24. The Kier molecular flexibility index (Phi) is 8.18. The molecule has 0 bridgehead atoms. The lowest BCUT2D eigenvalue weighted by Crippen LogP contribution is -2.33. The Morgan fingerprint density at radius 1 is 0.397 bits per heavy atom. The van der Waals surface area contributed by atoms with Gasteiger partial charge in [0.15, 0.2) is 5.84 Å². The summed E-state index contributed by atoms with van der Waals surface area (Å²) in [5.74, 6) is 1.48. The molecule has 0 saturated carbocycles. The highest BCUT2D eigenvalue weighted by atomic mass is 15.2. The maximum absolute atomic E-state index is 5.25. The minimum atomic E-state index is -0.308. The molecule has 4 heteroatoms. The second-order valence-corrected chi connectivity index (χ2v) is 14.8. The molecule has 0 fully saturated rings. The molecule has 0 radical (unpaired) electrons. The van der Waals surface area contributed by atoms with Gasteiger partial charge in [-0.05, 0) is 89.8 Å². The van der Waals surface area contributed by atoms with Crippen molar-refractivity contribution in [3.63, 3.8) is 0 Å². The second-order valence-electron chi connectivity index (χ2n) is 14.8. The van der Waals surface area contributed by atoms with Crippen LogP contribution >= 0.6 is 0 Å². The lowest BCUT2D eigenvalue weighted by atomic mass is 9.88. The van der Waals surface area contributed by atoms with Gasteiger partial charge in [-0.25, -0.2) is 9.98 Å². The summed E-state index contributed by atoms with van der Waals surface area (Å²) in [5.41, 5.74) is 9.55. The average molecular weight is 741 g/mol. The standard InChI is InChI=1S/C54H36N4/c1-3-14-37(15-4-1)52-56-53(38-16-5-2-6-17-38)58-54(57-52)43-31-41(35-26-28-36(29-27-35)50-33-39-18-7-8-19-40(39)34-55-50)30-42(32-43)44-24-13-25-49-47-21-10-9-20-45(47)46-22-11-12-23-48(46)51(44)49/h1-34,52H,(H,56,57,58). The molecule has 9 aromatic carbocycles. The third kappa shape index (κ3) is 5.99. The highest BCUT2D eigenvalue weighted by Crippen LogP contribution is 2.41. The molecule has 272 valence electrons. The molecular formula is C54H36N4. The molecule has 2 heterocycles. The van der Waals surface area contributed by atoms with Crippen molar-refractivity contribution >= 4 is 54.8 Å². The maximum Gasteiger partial charge on any atom is 0.159 e. The predicted octanol–water partition coefficient (Wildman–Crippen LogP) is 13.2. The Hall–Kier alpha value is -7.69. The molecule has 0 amide bonds. The van der Waals surface area contributed by atoms with Gasteiger partial charge in [0.05, 0.1) is 5.69 Å². The highest BCUT2D eigenvalue weighted by molar-refractivity contribution is 6.28. The van der Waals surface area contributed by atoms with Crippen molar-refractivity contribution in [1.82, 2.24) is 10.3 Å². The Morgan fingerprint density at radius 3 is 1.71 bits per heavy atom. The monoisotopic (exact) mass is 740 g/mol. The summed E-state index contributed by atoms with van der Waals surface area (Å²) in [6.45, 7) is 0. The van der Waals surface area contributed by atoms with Crippen LogP contribution in [0.15, 0.2) is 216 Å². The molecular weight excluding hydrogens is 705 g/mol. The lowest BCUT2D eigenvalue weighted by molar-refractivity contribution is 0.674. The predicted molar refractivity (Wildman–Crippen MR) is 242 cm³/mol. The molecule has 11 rings (SSSR count). The van der Waals surface area contributed by atoms with Crippen LogP contribution in [0, 0.1) is 0 Å². The normalized spacial score (nSPS) is 14.0. The summed E-state index contributed by atoms with van der Waals surface area (Å²) < 4.78 is 0. The van der Waals surface area contributed by atoms with Crippen LogP contribution in [0.3, 0.4) is 0 Å². The number of aromatic nitrogens is 1. The first-order chi connectivity index (χ1) is 28.7. The molecule has 0 saturated heterocycles. The van der Waals surface area contributed by atoms with E-state index < -0.39 is 0 Å². The van der Waals surface area contributed by atoms with E-state index in [4.69, 9.17) is 15.0 Å². The smallest absolute Gasteiger partial charge is 0.159 e. The van der Waals surface area contributed by atoms with Crippen LogP contribution in [0.2, 0.25) is 0 Å². The van der Waals surface area contributed by atoms with Gasteiger partial charge in [0.1, 0.15) is 12.0 Å². The Bertz CT molecular complexity index is 3200. The first kappa shape index (κ1) is 33.6. The summed E-state index contributed by atoms with van der Waals surface area (Å²) in [6.07, 6.45) is 1.65. The van der Waals surface area contributed by atoms with Crippen LogP contribution in [0.4, 0.5) is 0 Å². The number of fused-ring (bicyclic) bond motifs is 7. The summed E-state index contributed by atoms with van der Waals surface area (Å²) in [7, 11) is 0. The number of hydrogen-bond donors (Lipinski definition) is 1. The van der Waals surface area contributed by atoms with Crippen molar-refractivity contribution in [2.24, 2.45) is 9.98 Å². The number of nitrogens with one attached hydrogen (secondary N) is 1. The molecule has 1 atom stereocenters. The van der Waals surface area contributed by atoms with Gasteiger partial charge in [0.2, 0.25) is 0 Å². The minimum Gasteiger partial charge on any atom is -0.344 e. The number of aliphatic imine (C=N–C) groups is 2. The molecule has 1 N–H and O–H groups in total. The van der Waals surface area contributed by atoms with Gasteiger partial charge in [0.25, 0.3) is 0 Å². The minimum absolute atomic E-state index is 0.308. The van der Waals surface area contributed by atoms with E-state index in [9.17, 15) is 0 Å². The van der Waals surface area contributed by atoms with Crippen molar-refractivity contribution < 1.29 is 0 Å². The van der Waals surface area contributed by atoms with Crippen LogP contribution in [-0.4, -0.2) is 16.7 Å². The van der Waals surface area contributed by atoms with Crippen molar-refractivity contribution in [2.45, 2.75) is 6.17 Å². The zero-order valence-electron chi connectivity index (χ0n) is 31.5. The molecule has 1 unspecified atom stereocenters. The summed E-state index contributed by atoms with van der Waals surface area (Å²) in [4.78, 5) is 15.2. The Morgan fingerprint density at radius 2 is 0.966 bits per heavy atom. The molecule has 58 heavy (non-hydrogen) atoms. The van der Waals surface area contributed by atoms with E-state index in [0.717, 1.165) is 55.9 Å². The van der Waals surface area contributed by atoms with Gasteiger partial charge in [-0.3, -0.25) is 4.98 Å². The average Bonchev–Trinajstić information content (AvgIpc) is 3.31. The van der Waals surface area contributed by atoms with Crippen LogP contribution in [0.5, 0.6) is 0 Å². The van der Waals surface area contributed by atoms with Gasteiger partial charge >= 0.3 is 0 Å². The van der Waals surface area contributed by atoms with Crippen molar-refractivity contribution in [1.29, 1.82) is 0 Å². The van der Waals surface area contributed by atoms with E-state index in [1.54, 1.807) is 0 Å². The SMILES string of the molecule is c1ccc(C2=NC(c3ccccc3)NC(c3cc(-c4ccc(-c5cc6ccccc6cn5)cc4)cc(-c4cccc5c6ccccc6c6ccccc6c45)c3)=N2)cc1. The molecule has 1 aliphatic heterocycles. The Labute approximate surface area is 336 Å². The maximum atomic E-state index is 5.25. The first-order valence-corrected chi connectivity index (χ1v) is 19.7. The van der Waals surface area contributed by atoms with Crippen LogP contribution < -0.4 is 5.32 Å². The van der Waals surface area contributed by atoms with E-state index in [2.05, 4.69) is 181 Å². The highest BCUT2D eigenvalue weighted by Gasteiger charge is 2.23. The van der Waals surface area contributed by atoms with Crippen LogP contribution in [-0.2, 0) is 0 Å². The Balaban J connectivity index is 1.12.